The first-order chi connectivity index (χ1) is 7.18. The third-order valence-electron chi connectivity index (χ3n) is 2.36. The first kappa shape index (κ1) is 9.71. The number of esters is 1. The average Bonchev–Trinajstić information content (AvgIpc) is 2.24. The molecule has 1 aliphatic heterocycles. The summed E-state index contributed by atoms with van der Waals surface area (Å²) in [6, 6.07) is 9.14. The van der Waals surface area contributed by atoms with Crippen LogP contribution in [0.3, 0.4) is 0 Å². The van der Waals surface area contributed by atoms with Crippen LogP contribution in [0.25, 0.3) is 0 Å². The van der Waals surface area contributed by atoms with Crippen LogP contribution in [0.4, 0.5) is 4.79 Å². The molecular formula is C11H10O4. The molecule has 4 nitrogen and oxygen atoms in total. The van der Waals surface area contributed by atoms with E-state index < -0.39 is 24.1 Å². The highest BCUT2D eigenvalue weighted by Crippen LogP contribution is 2.30. The van der Waals surface area contributed by atoms with Gasteiger partial charge in [0, 0.05) is 0 Å². The number of ether oxygens (including phenoxy) is 2. The molecule has 0 aromatic heterocycles. The quantitative estimate of drug-likeness (QED) is 0.521. The van der Waals surface area contributed by atoms with Gasteiger partial charge in [-0.25, -0.2) is 4.79 Å². The maximum Gasteiger partial charge on any atom is 0.516 e. The number of cyclic esters (lactones) is 3. The lowest BCUT2D eigenvalue weighted by Gasteiger charge is -2.26. The minimum absolute atomic E-state index is 0.468. The van der Waals surface area contributed by atoms with E-state index >= 15 is 0 Å². The summed E-state index contributed by atoms with van der Waals surface area (Å²) in [5.41, 5.74) is 0.801. The van der Waals surface area contributed by atoms with Crippen molar-refractivity contribution < 1.29 is 19.1 Å². The molecule has 0 amide bonds. The van der Waals surface area contributed by atoms with E-state index in [-0.39, 0.29) is 0 Å². The van der Waals surface area contributed by atoms with Crippen LogP contribution in [-0.2, 0) is 14.3 Å². The lowest BCUT2D eigenvalue weighted by atomic mass is 9.97. The van der Waals surface area contributed by atoms with Gasteiger partial charge in [-0.1, -0.05) is 30.3 Å². The van der Waals surface area contributed by atoms with Crippen molar-refractivity contribution in [2.24, 2.45) is 5.92 Å². The molecule has 4 heteroatoms. The molecule has 1 aliphatic rings. The zero-order valence-electron chi connectivity index (χ0n) is 8.17. The third kappa shape index (κ3) is 1.83. The Morgan fingerprint density at radius 3 is 2.47 bits per heavy atom. The molecular weight excluding hydrogens is 196 g/mol. The van der Waals surface area contributed by atoms with Crippen molar-refractivity contribution in [3.8, 4) is 0 Å². The minimum Gasteiger partial charge on any atom is -0.425 e. The fraction of sp³-hybridized carbons (Fsp3) is 0.273. The Balaban J connectivity index is 2.28. The Bertz CT molecular complexity index is 385. The molecule has 1 aromatic carbocycles. The largest absolute Gasteiger partial charge is 0.516 e. The summed E-state index contributed by atoms with van der Waals surface area (Å²) in [5, 5.41) is 0. The van der Waals surface area contributed by atoms with Crippen LogP contribution >= 0.6 is 0 Å². The van der Waals surface area contributed by atoms with Crippen LogP contribution in [0, 0.1) is 5.92 Å². The van der Waals surface area contributed by atoms with E-state index in [4.69, 9.17) is 4.74 Å². The second kappa shape index (κ2) is 3.73. The van der Waals surface area contributed by atoms with Gasteiger partial charge >= 0.3 is 12.1 Å². The standard InChI is InChI=1S/C11H10O4/c1-7-9(8-5-3-2-4-6-8)14-11(13)15-10(7)12/h2-7,9H,1H3. The highest BCUT2D eigenvalue weighted by Gasteiger charge is 2.37. The van der Waals surface area contributed by atoms with Gasteiger partial charge in [0.1, 0.15) is 6.10 Å². The van der Waals surface area contributed by atoms with E-state index in [2.05, 4.69) is 4.74 Å². The molecule has 1 heterocycles. The van der Waals surface area contributed by atoms with Crippen LogP contribution in [0.1, 0.15) is 18.6 Å². The zero-order chi connectivity index (χ0) is 10.8. The lowest BCUT2D eigenvalue weighted by Crippen LogP contribution is -2.33. The van der Waals surface area contributed by atoms with Gasteiger partial charge < -0.3 is 9.47 Å². The Kier molecular flexibility index (Phi) is 2.41. The fourth-order valence-corrected chi connectivity index (χ4v) is 1.53. The van der Waals surface area contributed by atoms with E-state index in [1.54, 1.807) is 6.92 Å². The highest BCUT2D eigenvalue weighted by molar-refractivity contribution is 5.86. The number of benzene rings is 1. The summed E-state index contributed by atoms with van der Waals surface area (Å²) in [6.07, 6.45) is -1.47. The topological polar surface area (TPSA) is 52.6 Å². The Labute approximate surface area is 86.8 Å². The monoisotopic (exact) mass is 206 g/mol. The summed E-state index contributed by atoms with van der Waals surface area (Å²) >= 11 is 0. The number of rotatable bonds is 1. The van der Waals surface area contributed by atoms with Crippen LogP contribution < -0.4 is 0 Å². The second-order valence-electron chi connectivity index (χ2n) is 3.41. The van der Waals surface area contributed by atoms with E-state index in [1.807, 2.05) is 30.3 Å². The minimum atomic E-state index is -0.924. The van der Waals surface area contributed by atoms with E-state index in [0.29, 0.717) is 0 Å². The Morgan fingerprint density at radius 2 is 1.80 bits per heavy atom. The summed E-state index contributed by atoms with van der Waals surface area (Å²) in [6.45, 7) is 1.67. The number of hydrogen-bond acceptors (Lipinski definition) is 4. The molecule has 78 valence electrons. The molecule has 15 heavy (non-hydrogen) atoms. The summed E-state index contributed by atoms with van der Waals surface area (Å²) in [7, 11) is 0. The summed E-state index contributed by atoms with van der Waals surface area (Å²) in [5.74, 6) is -1.01. The van der Waals surface area contributed by atoms with Crippen LogP contribution in [-0.4, -0.2) is 12.1 Å². The van der Waals surface area contributed by atoms with E-state index in [0.717, 1.165) is 5.56 Å². The van der Waals surface area contributed by atoms with Crippen molar-refractivity contribution in [2.45, 2.75) is 13.0 Å². The smallest absolute Gasteiger partial charge is 0.425 e. The molecule has 0 N–H and O–H groups in total. The maximum absolute atomic E-state index is 11.3. The van der Waals surface area contributed by atoms with Crippen molar-refractivity contribution in [3.63, 3.8) is 0 Å². The van der Waals surface area contributed by atoms with Crippen molar-refractivity contribution in [2.75, 3.05) is 0 Å². The first-order valence-electron chi connectivity index (χ1n) is 4.66. The first-order valence-corrected chi connectivity index (χ1v) is 4.66. The number of hydrogen-bond donors (Lipinski definition) is 0. The molecule has 2 unspecified atom stereocenters. The third-order valence-corrected chi connectivity index (χ3v) is 2.36. The SMILES string of the molecule is CC1C(=O)OC(=O)OC1c1ccccc1. The van der Waals surface area contributed by atoms with Crippen molar-refractivity contribution in [1.82, 2.24) is 0 Å². The van der Waals surface area contributed by atoms with Gasteiger partial charge in [0.15, 0.2) is 0 Å². The predicted octanol–water partition coefficient (Wildman–Crippen LogP) is 2.06. The maximum atomic E-state index is 11.3. The van der Waals surface area contributed by atoms with E-state index in [1.165, 1.54) is 0 Å². The molecule has 0 bridgehead atoms. The van der Waals surface area contributed by atoms with Gasteiger partial charge in [-0.2, -0.15) is 0 Å². The van der Waals surface area contributed by atoms with Gasteiger partial charge in [0.05, 0.1) is 5.92 Å². The molecule has 1 fully saturated rings. The van der Waals surface area contributed by atoms with Gasteiger partial charge in [-0.3, -0.25) is 4.79 Å². The normalized spacial score (nSPS) is 25.7. The Morgan fingerprint density at radius 1 is 1.13 bits per heavy atom. The van der Waals surface area contributed by atoms with Crippen molar-refractivity contribution >= 4 is 12.1 Å². The molecule has 0 spiro atoms. The molecule has 2 atom stereocenters. The second-order valence-corrected chi connectivity index (χ2v) is 3.41. The van der Waals surface area contributed by atoms with Gasteiger partial charge in [0.2, 0.25) is 0 Å². The molecule has 0 saturated carbocycles. The Hall–Kier alpha value is -1.84. The molecule has 1 aromatic rings. The van der Waals surface area contributed by atoms with Crippen molar-refractivity contribution in [3.05, 3.63) is 35.9 Å². The van der Waals surface area contributed by atoms with Crippen LogP contribution in [0.5, 0.6) is 0 Å². The summed E-state index contributed by atoms with van der Waals surface area (Å²) in [4.78, 5) is 22.2. The molecule has 2 rings (SSSR count). The van der Waals surface area contributed by atoms with E-state index in [9.17, 15) is 9.59 Å². The highest BCUT2D eigenvalue weighted by atomic mass is 16.8. The summed E-state index contributed by atoms with van der Waals surface area (Å²) < 4.78 is 9.32. The molecule has 1 saturated heterocycles. The van der Waals surface area contributed by atoms with Gasteiger partial charge in [0.25, 0.3) is 0 Å². The van der Waals surface area contributed by atoms with Gasteiger partial charge in [-0.15, -0.1) is 0 Å². The fourth-order valence-electron chi connectivity index (χ4n) is 1.53. The lowest BCUT2D eigenvalue weighted by molar-refractivity contribution is -0.158. The predicted molar refractivity (Wildman–Crippen MR) is 50.9 cm³/mol. The van der Waals surface area contributed by atoms with Crippen LogP contribution in [0.2, 0.25) is 0 Å². The van der Waals surface area contributed by atoms with Gasteiger partial charge in [-0.05, 0) is 12.5 Å². The van der Waals surface area contributed by atoms with Crippen LogP contribution in [0.15, 0.2) is 30.3 Å². The molecule has 0 aliphatic carbocycles. The molecule has 0 radical (unpaired) electrons. The zero-order valence-corrected chi connectivity index (χ0v) is 8.17. The number of carbonyl (C=O) groups excluding carboxylic acids is 2. The average molecular weight is 206 g/mol. The van der Waals surface area contributed by atoms with Crippen molar-refractivity contribution in [1.29, 1.82) is 0 Å². The number of carbonyl (C=O) groups is 2.